The molecule has 0 aliphatic heterocycles. The third kappa shape index (κ3) is 7.40. The third-order valence-corrected chi connectivity index (χ3v) is 7.72. The maximum atomic E-state index is 12.5. The monoisotopic (exact) mass is 474 g/mol. The van der Waals surface area contributed by atoms with Crippen molar-refractivity contribution in [2.75, 3.05) is 19.7 Å². The molecule has 1 N–H and O–H groups in total. The molecule has 0 saturated carbocycles. The van der Waals surface area contributed by atoms with Crippen LogP contribution < -0.4 is 5.32 Å². The van der Waals surface area contributed by atoms with Crippen molar-refractivity contribution in [1.82, 2.24) is 9.62 Å². The molecule has 0 saturated heterocycles. The maximum Gasteiger partial charge on any atom is 0.306 e. The number of amides is 1. The number of nitrogens with zero attached hydrogens (tertiary/aromatic N) is 1. The van der Waals surface area contributed by atoms with Gasteiger partial charge < -0.3 is 10.1 Å². The van der Waals surface area contributed by atoms with Crippen LogP contribution >= 0.6 is 0 Å². The van der Waals surface area contributed by atoms with Gasteiger partial charge in [-0.1, -0.05) is 44.2 Å². The molecule has 0 fully saturated rings. The SMILES string of the molecule is CCN(CC)S(=O)(=O)c1ccc(CCC(=O)OCC(=O)NC(C)c2ccc(C)c(C)c2)cc1. The first kappa shape index (κ1) is 26.5. The highest BCUT2D eigenvalue weighted by molar-refractivity contribution is 7.89. The van der Waals surface area contributed by atoms with Crippen molar-refractivity contribution in [1.29, 1.82) is 0 Å². The van der Waals surface area contributed by atoms with Gasteiger partial charge in [-0.25, -0.2) is 8.42 Å². The van der Waals surface area contributed by atoms with E-state index in [-0.39, 0.29) is 29.9 Å². The van der Waals surface area contributed by atoms with Crippen LogP contribution in [0.3, 0.4) is 0 Å². The summed E-state index contributed by atoms with van der Waals surface area (Å²) in [6.07, 6.45) is 0.493. The molecule has 33 heavy (non-hydrogen) atoms. The van der Waals surface area contributed by atoms with Crippen LogP contribution in [0.2, 0.25) is 0 Å². The molecule has 2 rings (SSSR count). The molecule has 8 heteroatoms. The Labute approximate surface area is 197 Å². The van der Waals surface area contributed by atoms with E-state index in [0.29, 0.717) is 19.5 Å². The molecule has 0 aliphatic rings. The number of carbonyl (C=O) groups is 2. The van der Waals surface area contributed by atoms with Crippen LogP contribution in [0.5, 0.6) is 0 Å². The van der Waals surface area contributed by atoms with Crippen LogP contribution in [0.4, 0.5) is 0 Å². The number of aryl methyl sites for hydroxylation is 3. The number of rotatable bonds is 11. The van der Waals surface area contributed by atoms with E-state index in [1.54, 1.807) is 38.1 Å². The van der Waals surface area contributed by atoms with Gasteiger partial charge in [0, 0.05) is 19.5 Å². The molecule has 1 amide bonds. The zero-order valence-corrected chi connectivity index (χ0v) is 20.9. The summed E-state index contributed by atoms with van der Waals surface area (Å²) in [5.41, 5.74) is 4.15. The van der Waals surface area contributed by atoms with E-state index < -0.39 is 16.0 Å². The lowest BCUT2D eigenvalue weighted by Gasteiger charge is -2.18. The van der Waals surface area contributed by atoms with Gasteiger partial charge >= 0.3 is 5.97 Å². The predicted molar refractivity (Wildman–Crippen MR) is 128 cm³/mol. The minimum Gasteiger partial charge on any atom is -0.456 e. The van der Waals surface area contributed by atoms with Gasteiger partial charge in [0.15, 0.2) is 6.61 Å². The minimum absolute atomic E-state index is 0.0993. The van der Waals surface area contributed by atoms with Crippen molar-refractivity contribution < 1.29 is 22.7 Å². The van der Waals surface area contributed by atoms with Gasteiger partial charge in [-0.15, -0.1) is 0 Å². The largest absolute Gasteiger partial charge is 0.456 e. The number of benzene rings is 2. The van der Waals surface area contributed by atoms with Crippen LogP contribution in [-0.4, -0.2) is 44.3 Å². The predicted octanol–water partition coefficient (Wildman–Crippen LogP) is 3.69. The van der Waals surface area contributed by atoms with Gasteiger partial charge in [-0.05, 0) is 61.6 Å². The van der Waals surface area contributed by atoms with E-state index in [0.717, 1.165) is 16.7 Å². The Balaban J connectivity index is 1.80. The Kier molecular flexibility index (Phi) is 9.61. The lowest BCUT2D eigenvalue weighted by atomic mass is 10.0. The van der Waals surface area contributed by atoms with E-state index in [1.165, 1.54) is 9.87 Å². The Morgan fingerprint density at radius 3 is 2.21 bits per heavy atom. The van der Waals surface area contributed by atoms with Crippen molar-refractivity contribution in [3.63, 3.8) is 0 Å². The van der Waals surface area contributed by atoms with Gasteiger partial charge in [0.1, 0.15) is 0 Å². The second-order valence-corrected chi connectivity index (χ2v) is 9.96. The summed E-state index contributed by atoms with van der Waals surface area (Å²) < 4.78 is 31.6. The van der Waals surface area contributed by atoms with Gasteiger partial charge in [0.2, 0.25) is 10.0 Å². The first-order valence-corrected chi connectivity index (χ1v) is 12.6. The molecule has 0 spiro atoms. The highest BCUT2D eigenvalue weighted by Gasteiger charge is 2.21. The molecule has 0 radical (unpaired) electrons. The smallest absolute Gasteiger partial charge is 0.306 e. The lowest BCUT2D eigenvalue weighted by molar-refractivity contribution is -0.148. The molecule has 0 heterocycles. The first-order valence-electron chi connectivity index (χ1n) is 11.2. The fourth-order valence-electron chi connectivity index (χ4n) is 3.41. The van der Waals surface area contributed by atoms with Crippen molar-refractivity contribution in [2.24, 2.45) is 0 Å². The van der Waals surface area contributed by atoms with Gasteiger partial charge in [0.25, 0.3) is 5.91 Å². The average Bonchev–Trinajstić information content (AvgIpc) is 2.79. The molecule has 0 bridgehead atoms. The van der Waals surface area contributed by atoms with Crippen molar-refractivity contribution in [2.45, 2.75) is 58.4 Å². The molecule has 0 aliphatic carbocycles. The van der Waals surface area contributed by atoms with Crippen LogP contribution in [0.25, 0.3) is 0 Å². The second-order valence-electron chi connectivity index (χ2n) is 8.03. The molecule has 180 valence electrons. The van der Waals surface area contributed by atoms with Crippen molar-refractivity contribution in [3.05, 3.63) is 64.7 Å². The average molecular weight is 475 g/mol. The molecule has 1 atom stereocenters. The Morgan fingerprint density at radius 1 is 1.00 bits per heavy atom. The number of hydrogen-bond donors (Lipinski definition) is 1. The summed E-state index contributed by atoms with van der Waals surface area (Å²) in [7, 11) is -3.50. The fraction of sp³-hybridized carbons (Fsp3) is 0.440. The maximum absolute atomic E-state index is 12.5. The van der Waals surface area contributed by atoms with Crippen molar-refractivity contribution in [3.8, 4) is 0 Å². The Bertz CT molecular complexity index is 1060. The summed E-state index contributed by atoms with van der Waals surface area (Å²) >= 11 is 0. The Hall–Kier alpha value is -2.71. The molecule has 0 aromatic heterocycles. The molecule has 1 unspecified atom stereocenters. The summed E-state index contributed by atoms with van der Waals surface area (Å²) in [5.74, 6) is -0.844. The van der Waals surface area contributed by atoms with Crippen molar-refractivity contribution >= 4 is 21.9 Å². The highest BCUT2D eigenvalue weighted by Crippen LogP contribution is 2.18. The number of carbonyl (C=O) groups excluding carboxylic acids is 2. The highest BCUT2D eigenvalue weighted by atomic mass is 32.2. The van der Waals surface area contributed by atoms with Gasteiger partial charge in [0.05, 0.1) is 10.9 Å². The van der Waals surface area contributed by atoms with Gasteiger partial charge in [-0.3, -0.25) is 9.59 Å². The quantitative estimate of drug-likeness (QED) is 0.502. The number of ether oxygens (including phenoxy) is 1. The lowest BCUT2D eigenvalue weighted by Crippen LogP contribution is -2.31. The molecule has 2 aromatic carbocycles. The molecular formula is C25H34N2O5S. The topological polar surface area (TPSA) is 92.8 Å². The van der Waals surface area contributed by atoms with Crippen LogP contribution in [0, 0.1) is 13.8 Å². The standard InChI is InChI=1S/C25H34N2O5S/c1-6-27(7-2)33(30,31)23-13-9-21(10-14-23)11-15-25(29)32-17-24(28)26-20(5)22-12-8-18(3)19(4)16-22/h8-10,12-14,16,20H,6-7,11,15,17H2,1-5H3,(H,26,28). The van der Waals surface area contributed by atoms with E-state index in [1.807, 2.05) is 39.0 Å². The van der Waals surface area contributed by atoms with E-state index >= 15 is 0 Å². The molecule has 7 nitrogen and oxygen atoms in total. The molecule has 2 aromatic rings. The summed E-state index contributed by atoms with van der Waals surface area (Å²) in [6, 6.07) is 12.3. The summed E-state index contributed by atoms with van der Waals surface area (Å²) in [4.78, 5) is 24.4. The second kappa shape index (κ2) is 12.0. The van der Waals surface area contributed by atoms with Crippen LogP contribution in [0.1, 0.15) is 55.5 Å². The minimum atomic E-state index is -3.50. The zero-order valence-electron chi connectivity index (χ0n) is 20.1. The fourth-order valence-corrected chi connectivity index (χ4v) is 4.86. The number of nitrogens with one attached hydrogen (secondary N) is 1. The number of hydrogen-bond acceptors (Lipinski definition) is 5. The van der Waals surface area contributed by atoms with E-state index in [9.17, 15) is 18.0 Å². The number of esters is 1. The summed E-state index contributed by atoms with van der Waals surface area (Å²) in [6.45, 7) is 10.0. The molecular weight excluding hydrogens is 440 g/mol. The Morgan fingerprint density at radius 2 is 1.64 bits per heavy atom. The third-order valence-electron chi connectivity index (χ3n) is 5.66. The van der Waals surface area contributed by atoms with Crippen LogP contribution in [-0.2, 0) is 30.8 Å². The first-order chi connectivity index (χ1) is 15.6. The zero-order chi connectivity index (χ0) is 24.6. The normalized spacial score (nSPS) is 12.4. The van der Waals surface area contributed by atoms with E-state index in [4.69, 9.17) is 4.74 Å². The number of sulfonamides is 1. The summed E-state index contributed by atoms with van der Waals surface area (Å²) in [5, 5.41) is 2.83. The van der Waals surface area contributed by atoms with Crippen LogP contribution in [0.15, 0.2) is 47.4 Å². The van der Waals surface area contributed by atoms with Gasteiger partial charge in [-0.2, -0.15) is 4.31 Å². The van der Waals surface area contributed by atoms with E-state index in [2.05, 4.69) is 5.32 Å².